The summed E-state index contributed by atoms with van der Waals surface area (Å²) in [5.74, 6) is 0.159. The summed E-state index contributed by atoms with van der Waals surface area (Å²) in [5, 5.41) is 0. The third-order valence-electron chi connectivity index (χ3n) is 4.19. The lowest BCUT2D eigenvalue weighted by atomic mass is 9.84. The molecule has 0 radical (unpaired) electrons. The fourth-order valence-electron chi connectivity index (χ4n) is 2.62. The maximum absolute atomic E-state index is 12.5. The van der Waals surface area contributed by atoms with Gasteiger partial charge >= 0.3 is 0 Å². The van der Waals surface area contributed by atoms with Gasteiger partial charge in [-0.3, -0.25) is 4.79 Å². The molecule has 0 aromatic rings. The van der Waals surface area contributed by atoms with Gasteiger partial charge in [0.15, 0.2) is 0 Å². The minimum atomic E-state index is -0.527. The number of likely N-dealkylation sites (N-methyl/N-ethyl adjacent to an activating group) is 1. The number of hydrogen-bond donors (Lipinski definition) is 1. The van der Waals surface area contributed by atoms with Crippen molar-refractivity contribution in [1.29, 1.82) is 0 Å². The Kier molecular flexibility index (Phi) is 3.43. The normalized spacial score (nSPS) is 38.1. The van der Waals surface area contributed by atoms with Crippen molar-refractivity contribution in [3.63, 3.8) is 0 Å². The molecule has 0 aliphatic carbocycles. The van der Waals surface area contributed by atoms with E-state index in [1.807, 2.05) is 11.8 Å². The summed E-state index contributed by atoms with van der Waals surface area (Å²) in [6.45, 7) is 4.53. The van der Waals surface area contributed by atoms with Gasteiger partial charge in [0.2, 0.25) is 5.91 Å². The Balaban J connectivity index is 2.02. The Morgan fingerprint density at radius 3 is 2.71 bits per heavy atom. The van der Waals surface area contributed by atoms with Crippen LogP contribution < -0.4 is 5.73 Å². The van der Waals surface area contributed by atoms with E-state index in [0.717, 1.165) is 19.5 Å². The van der Waals surface area contributed by atoms with Gasteiger partial charge in [-0.1, -0.05) is 0 Å². The zero-order chi connectivity index (χ0) is 12.6. The molecule has 2 aliphatic heterocycles. The summed E-state index contributed by atoms with van der Waals surface area (Å²) in [7, 11) is 4.12. The third kappa shape index (κ3) is 2.19. The zero-order valence-corrected chi connectivity index (χ0v) is 11.0. The highest BCUT2D eigenvalue weighted by Crippen LogP contribution is 2.31. The van der Waals surface area contributed by atoms with E-state index in [0.29, 0.717) is 19.3 Å². The molecule has 0 saturated carbocycles. The van der Waals surface area contributed by atoms with Crippen LogP contribution in [0.1, 0.15) is 13.3 Å². The van der Waals surface area contributed by atoms with Crippen molar-refractivity contribution in [3.05, 3.63) is 0 Å². The summed E-state index contributed by atoms with van der Waals surface area (Å²) in [6, 6.07) is 0.300. The van der Waals surface area contributed by atoms with Gasteiger partial charge in [-0.2, -0.15) is 0 Å². The quantitative estimate of drug-likeness (QED) is 0.709. The van der Waals surface area contributed by atoms with E-state index in [1.165, 1.54) is 0 Å². The van der Waals surface area contributed by atoms with E-state index >= 15 is 0 Å². The molecule has 0 aromatic carbocycles. The van der Waals surface area contributed by atoms with Gasteiger partial charge in [-0.05, 0) is 27.4 Å². The summed E-state index contributed by atoms with van der Waals surface area (Å²) < 4.78 is 5.34. The van der Waals surface area contributed by atoms with Crippen LogP contribution >= 0.6 is 0 Å². The van der Waals surface area contributed by atoms with E-state index in [2.05, 4.69) is 19.0 Å². The molecule has 0 aromatic heterocycles. The molecule has 5 nitrogen and oxygen atoms in total. The SMILES string of the molecule is CN(C)C1CCN(C(=O)C2(C)COCC2N)C1. The Morgan fingerprint density at radius 1 is 1.53 bits per heavy atom. The second kappa shape index (κ2) is 4.55. The van der Waals surface area contributed by atoms with E-state index in [4.69, 9.17) is 10.5 Å². The second-order valence-electron chi connectivity index (χ2n) is 5.70. The number of likely N-dealkylation sites (tertiary alicyclic amines) is 1. The van der Waals surface area contributed by atoms with Crippen molar-refractivity contribution in [3.8, 4) is 0 Å². The zero-order valence-electron chi connectivity index (χ0n) is 11.0. The molecule has 98 valence electrons. The lowest BCUT2D eigenvalue weighted by Crippen LogP contribution is -2.51. The number of nitrogens with zero attached hydrogens (tertiary/aromatic N) is 2. The van der Waals surface area contributed by atoms with Crippen LogP contribution in [-0.4, -0.2) is 68.2 Å². The second-order valence-corrected chi connectivity index (χ2v) is 5.70. The van der Waals surface area contributed by atoms with Crippen LogP contribution in [0.2, 0.25) is 0 Å². The highest BCUT2D eigenvalue weighted by Gasteiger charge is 2.47. The Labute approximate surface area is 103 Å². The minimum absolute atomic E-state index is 0.159. The van der Waals surface area contributed by atoms with Gasteiger partial charge in [0.25, 0.3) is 0 Å². The lowest BCUT2D eigenvalue weighted by Gasteiger charge is -2.31. The molecule has 0 spiro atoms. The van der Waals surface area contributed by atoms with Gasteiger partial charge in [-0.25, -0.2) is 0 Å². The number of amides is 1. The van der Waals surface area contributed by atoms with Crippen molar-refractivity contribution in [2.75, 3.05) is 40.4 Å². The molecule has 2 aliphatic rings. The molecule has 2 heterocycles. The van der Waals surface area contributed by atoms with Gasteiger partial charge in [-0.15, -0.1) is 0 Å². The van der Waals surface area contributed by atoms with Crippen LogP contribution in [-0.2, 0) is 9.53 Å². The van der Waals surface area contributed by atoms with Gasteiger partial charge in [0.1, 0.15) is 0 Å². The molecule has 2 N–H and O–H groups in total. The first-order valence-corrected chi connectivity index (χ1v) is 6.24. The summed E-state index contributed by atoms with van der Waals surface area (Å²) in [6.07, 6.45) is 1.05. The molecule has 5 heteroatoms. The first-order chi connectivity index (χ1) is 7.95. The average Bonchev–Trinajstić information content (AvgIpc) is 2.87. The summed E-state index contributed by atoms with van der Waals surface area (Å²) >= 11 is 0. The lowest BCUT2D eigenvalue weighted by molar-refractivity contribution is -0.140. The van der Waals surface area contributed by atoms with Crippen LogP contribution in [0.25, 0.3) is 0 Å². The highest BCUT2D eigenvalue weighted by atomic mass is 16.5. The maximum Gasteiger partial charge on any atom is 0.232 e. The van der Waals surface area contributed by atoms with Gasteiger partial charge < -0.3 is 20.3 Å². The van der Waals surface area contributed by atoms with Crippen LogP contribution in [0.5, 0.6) is 0 Å². The van der Waals surface area contributed by atoms with Crippen LogP contribution in [0.3, 0.4) is 0 Å². The molecule has 2 saturated heterocycles. The highest BCUT2D eigenvalue weighted by molar-refractivity contribution is 5.84. The largest absolute Gasteiger partial charge is 0.379 e. The Morgan fingerprint density at radius 2 is 2.24 bits per heavy atom. The molecule has 0 bridgehead atoms. The molecule has 17 heavy (non-hydrogen) atoms. The first-order valence-electron chi connectivity index (χ1n) is 6.24. The number of carbonyl (C=O) groups excluding carboxylic acids is 1. The van der Waals surface area contributed by atoms with Gasteiger partial charge in [0.05, 0.1) is 18.6 Å². The van der Waals surface area contributed by atoms with Crippen LogP contribution in [0.15, 0.2) is 0 Å². The molecular weight excluding hydrogens is 218 g/mol. The number of nitrogens with two attached hydrogens (primary N) is 1. The summed E-state index contributed by atoms with van der Waals surface area (Å²) in [5.41, 5.74) is 5.47. The molecule has 2 fully saturated rings. The maximum atomic E-state index is 12.5. The number of ether oxygens (including phenoxy) is 1. The van der Waals surface area contributed by atoms with Crippen molar-refractivity contribution >= 4 is 5.91 Å². The van der Waals surface area contributed by atoms with E-state index < -0.39 is 5.41 Å². The van der Waals surface area contributed by atoms with Crippen molar-refractivity contribution in [2.24, 2.45) is 11.1 Å². The predicted octanol–water partition coefficient (Wildman–Crippen LogP) is -0.487. The number of rotatable bonds is 2. The standard InChI is InChI=1S/C12H23N3O2/c1-12(8-17-7-10(12)13)11(16)15-5-4-9(6-15)14(2)3/h9-10H,4-8,13H2,1-3H3. The summed E-state index contributed by atoms with van der Waals surface area (Å²) in [4.78, 5) is 16.6. The molecular formula is C12H23N3O2. The molecule has 3 atom stereocenters. The topological polar surface area (TPSA) is 58.8 Å². The molecule has 2 rings (SSSR count). The van der Waals surface area contributed by atoms with Crippen molar-refractivity contribution in [2.45, 2.75) is 25.4 Å². The van der Waals surface area contributed by atoms with Crippen LogP contribution in [0.4, 0.5) is 0 Å². The van der Waals surface area contributed by atoms with E-state index in [9.17, 15) is 4.79 Å². The number of hydrogen-bond acceptors (Lipinski definition) is 4. The first kappa shape index (κ1) is 12.8. The van der Waals surface area contributed by atoms with Crippen molar-refractivity contribution < 1.29 is 9.53 Å². The monoisotopic (exact) mass is 241 g/mol. The smallest absolute Gasteiger partial charge is 0.232 e. The predicted molar refractivity (Wildman–Crippen MR) is 65.6 cm³/mol. The fraction of sp³-hybridized carbons (Fsp3) is 0.917. The van der Waals surface area contributed by atoms with Crippen LogP contribution in [0, 0.1) is 5.41 Å². The molecule has 3 unspecified atom stereocenters. The van der Waals surface area contributed by atoms with Gasteiger partial charge in [0, 0.05) is 25.2 Å². The Hall–Kier alpha value is -0.650. The fourth-order valence-corrected chi connectivity index (χ4v) is 2.62. The Bertz CT molecular complexity index is 308. The number of carbonyl (C=O) groups is 1. The minimum Gasteiger partial charge on any atom is -0.379 e. The van der Waals surface area contributed by atoms with Crippen molar-refractivity contribution in [1.82, 2.24) is 9.80 Å². The average molecular weight is 241 g/mol. The molecule has 1 amide bonds. The third-order valence-corrected chi connectivity index (χ3v) is 4.19. The van der Waals surface area contributed by atoms with E-state index in [-0.39, 0.29) is 11.9 Å². The van der Waals surface area contributed by atoms with E-state index in [1.54, 1.807) is 0 Å².